The smallest absolute Gasteiger partial charge is 0.190 e. The zero-order valence-electron chi connectivity index (χ0n) is 16.6. The fourth-order valence-electron chi connectivity index (χ4n) is 4.41. The molecule has 144 valence electrons. The fourth-order valence-corrected chi connectivity index (χ4v) is 4.61. The lowest BCUT2D eigenvalue weighted by Gasteiger charge is -2.30. The van der Waals surface area contributed by atoms with Crippen LogP contribution in [0.1, 0.15) is 42.9 Å². The van der Waals surface area contributed by atoms with Gasteiger partial charge in [-0.25, -0.2) is 4.85 Å². The molecule has 0 saturated heterocycles. The van der Waals surface area contributed by atoms with Crippen molar-refractivity contribution in [2.24, 2.45) is 0 Å². The van der Waals surface area contributed by atoms with Gasteiger partial charge in [0.25, 0.3) is 0 Å². The van der Waals surface area contributed by atoms with Gasteiger partial charge in [-0.3, -0.25) is 4.98 Å². The Bertz CT molecular complexity index is 1070. The van der Waals surface area contributed by atoms with Crippen LogP contribution in [0.5, 0.6) is 0 Å². The highest BCUT2D eigenvalue weighted by Crippen LogP contribution is 2.41. The zero-order chi connectivity index (χ0) is 19.8. The third-order valence-electron chi connectivity index (χ3n) is 6.11. The molecule has 28 heavy (non-hydrogen) atoms. The molecule has 1 aromatic carbocycles. The van der Waals surface area contributed by atoms with Crippen LogP contribution in [0.3, 0.4) is 0 Å². The Morgan fingerprint density at radius 2 is 1.86 bits per heavy atom. The van der Waals surface area contributed by atoms with Crippen LogP contribution < -0.4 is 5.32 Å². The van der Waals surface area contributed by atoms with E-state index in [4.69, 9.17) is 18.2 Å². The molecule has 4 rings (SSSR count). The lowest BCUT2D eigenvalue weighted by molar-refractivity contribution is 0.305. The summed E-state index contributed by atoms with van der Waals surface area (Å²) in [6, 6.07) is 5.26. The van der Waals surface area contributed by atoms with Crippen molar-refractivity contribution in [2.45, 2.75) is 51.6 Å². The number of halogens is 1. The van der Waals surface area contributed by atoms with Crippen molar-refractivity contribution in [3.63, 3.8) is 0 Å². The van der Waals surface area contributed by atoms with Crippen molar-refractivity contribution >= 4 is 28.2 Å². The molecule has 1 fully saturated rings. The number of nitrogens with one attached hydrogen (secondary N) is 1. The van der Waals surface area contributed by atoms with Crippen LogP contribution in [-0.4, -0.2) is 22.6 Å². The van der Waals surface area contributed by atoms with Crippen LogP contribution in [0.4, 0.5) is 5.69 Å². The van der Waals surface area contributed by atoms with E-state index in [0.29, 0.717) is 17.8 Å². The molecule has 5 heteroatoms. The Labute approximate surface area is 171 Å². The molecule has 0 radical (unpaired) electrons. The van der Waals surface area contributed by atoms with Gasteiger partial charge >= 0.3 is 0 Å². The second-order valence-electron chi connectivity index (χ2n) is 7.83. The average Bonchev–Trinajstić information content (AvgIpc) is 3.07. The van der Waals surface area contributed by atoms with Gasteiger partial charge in [0.1, 0.15) is 0 Å². The Morgan fingerprint density at radius 3 is 2.54 bits per heavy atom. The summed E-state index contributed by atoms with van der Waals surface area (Å²) in [5.41, 5.74) is 5.87. The summed E-state index contributed by atoms with van der Waals surface area (Å²) in [6.07, 6.45) is 10.5. The normalized spacial score (nSPS) is 19.7. The van der Waals surface area contributed by atoms with Crippen molar-refractivity contribution in [3.05, 3.63) is 58.3 Å². The predicted octanol–water partition coefficient (Wildman–Crippen LogP) is 6.23. The van der Waals surface area contributed by atoms with E-state index in [1.54, 1.807) is 6.20 Å². The summed E-state index contributed by atoms with van der Waals surface area (Å²) in [5.74, 6) is 0. The van der Waals surface area contributed by atoms with Crippen molar-refractivity contribution in [2.75, 3.05) is 7.05 Å². The summed E-state index contributed by atoms with van der Waals surface area (Å²) in [6.45, 7) is 11.5. The zero-order valence-corrected chi connectivity index (χ0v) is 17.3. The first-order valence-corrected chi connectivity index (χ1v) is 10.2. The predicted molar refractivity (Wildman–Crippen MR) is 116 cm³/mol. The summed E-state index contributed by atoms with van der Waals surface area (Å²) >= 11 is 6.65. The summed E-state index contributed by atoms with van der Waals surface area (Å²) in [7, 11) is 2.05. The molecule has 1 N–H and O–H groups in total. The number of benzene rings is 1. The second kappa shape index (κ2) is 7.58. The highest BCUT2D eigenvalue weighted by molar-refractivity contribution is 6.34. The Hall–Kier alpha value is -2.35. The van der Waals surface area contributed by atoms with Crippen LogP contribution in [0.15, 0.2) is 30.7 Å². The van der Waals surface area contributed by atoms with Gasteiger partial charge in [0.2, 0.25) is 0 Å². The Kier molecular flexibility index (Phi) is 5.14. The second-order valence-corrected chi connectivity index (χ2v) is 8.21. The topological polar surface area (TPSA) is 34.2 Å². The largest absolute Gasteiger partial charge is 0.344 e. The number of hydrogen-bond donors (Lipinski definition) is 1. The first kappa shape index (κ1) is 19.0. The maximum absolute atomic E-state index is 7.53. The van der Waals surface area contributed by atoms with Crippen LogP contribution in [0.25, 0.3) is 26.9 Å². The number of rotatable bonds is 3. The van der Waals surface area contributed by atoms with Crippen LogP contribution in [0, 0.1) is 20.4 Å². The maximum atomic E-state index is 7.53. The first-order valence-electron chi connectivity index (χ1n) is 9.83. The van der Waals surface area contributed by atoms with Gasteiger partial charge in [0.05, 0.1) is 11.6 Å². The summed E-state index contributed by atoms with van der Waals surface area (Å²) < 4.78 is 2.41. The standard InChI is InChI=1S/C23H25ClN4/c1-14-9-22-18(10-21(14)26-4)20(19-12-27-11-15(2)23(19)24)13-28(22)17-7-5-16(25-3)6-8-17/h9-13,16-17,25H,5-8H2,1-3H3. The molecule has 2 heterocycles. The number of aryl methyl sites for hydroxylation is 2. The quantitative estimate of drug-likeness (QED) is 0.536. The maximum Gasteiger partial charge on any atom is 0.190 e. The van der Waals surface area contributed by atoms with Gasteiger partial charge in [-0.15, -0.1) is 0 Å². The number of pyridine rings is 1. The molecule has 0 atom stereocenters. The minimum atomic E-state index is 0.468. The molecule has 1 aliphatic rings. The van der Waals surface area contributed by atoms with Gasteiger partial charge in [-0.05, 0) is 75.2 Å². The molecule has 0 bridgehead atoms. The molecule has 0 amide bonds. The summed E-state index contributed by atoms with van der Waals surface area (Å²) in [5, 5.41) is 5.23. The van der Waals surface area contributed by atoms with Gasteiger partial charge in [-0.1, -0.05) is 11.6 Å². The van der Waals surface area contributed by atoms with E-state index in [9.17, 15) is 0 Å². The van der Waals surface area contributed by atoms with Gasteiger partial charge < -0.3 is 9.88 Å². The number of aromatic nitrogens is 2. The van der Waals surface area contributed by atoms with Crippen molar-refractivity contribution in [1.82, 2.24) is 14.9 Å². The van der Waals surface area contributed by atoms with E-state index in [-0.39, 0.29) is 0 Å². The third-order valence-corrected chi connectivity index (χ3v) is 6.62. The van der Waals surface area contributed by atoms with Gasteiger partial charge in [0, 0.05) is 47.3 Å². The van der Waals surface area contributed by atoms with Crippen molar-refractivity contribution < 1.29 is 0 Å². The SMILES string of the molecule is [C-]#[N+]c1cc2c(-c3cncc(C)c3Cl)cn(C3CCC(NC)CC3)c2cc1C. The van der Waals surface area contributed by atoms with E-state index < -0.39 is 0 Å². The van der Waals surface area contributed by atoms with Crippen LogP contribution in [0.2, 0.25) is 5.02 Å². The molecule has 1 aliphatic carbocycles. The Balaban J connectivity index is 1.91. The van der Waals surface area contributed by atoms with E-state index in [1.165, 1.54) is 18.4 Å². The molecule has 2 aromatic heterocycles. The number of nitrogens with zero attached hydrogens (tertiary/aromatic N) is 3. The molecule has 0 unspecified atom stereocenters. The lowest BCUT2D eigenvalue weighted by atomic mass is 9.91. The third kappa shape index (κ3) is 3.19. The lowest BCUT2D eigenvalue weighted by Crippen LogP contribution is -2.30. The van der Waals surface area contributed by atoms with E-state index in [2.05, 4.69) is 39.0 Å². The van der Waals surface area contributed by atoms with Crippen LogP contribution >= 0.6 is 11.6 Å². The van der Waals surface area contributed by atoms with Crippen molar-refractivity contribution in [1.29, 1.82) is 0 Å². The minimum Gasteiger partial charge on any atom is -0.344 e. The molecule has 0 aliphatic heterocycles. The first-order chi connectivity index (χ1) is 13.5. The number of hydrogen-bond acceptors (Lipinski definition) is 2. The van der Waals surface area contributed by atoms with E-state index in [0.717, 1.165) is 45.5 Å². The fraction of sp³-hybridized carbons (Fsp3) is 0.391. The van der Waals surface area contributed by atoms with Crippen LogP contribution in [-0.2, 0) is 0 Å². The molecule has 1 saturated carbocycles. The van der Waals surface area contributed by atoms with Crippen molar-refractivity contribution in [3.8, 4) is 11.1 Å². The Morgan fingerprint density at radius 1 is 1.11 bits per heavy atom. The molecular formula is C23H25ClN4. The molecule has 3 aromatic rings. The van der Waals surface area contributed by atoms with Gasteiger partial charge in [0.15, 0.2) is 5.69 Å². The monoisotopic (exact) mass is 392 g/mol. The summed E-state index contributed by atoms with van der Waals surface area (Å²) in [4.78, 5) is 8.09. The highest BCUT2D eigenvalue weighted by Gasteiger charge is 2.24. The average molecular weight is 393 g/mol. The van der Waals surface area contributed by atoms with E-state index in [1.807, 2.05) is 26.1 Å². The number of fused-ring (bicyclic) bond motifs is 1. The van der Waals surface area contributed by atoms with E-state index >= 15 is 0 Å². The highest BCUT2D eigenvalue weighted by atomic mass is 35.5. The molecular weight excluding hydrogens is 368 g/mol. The van der Waals surface area contributed by atoms with Gasteiger partial charge in [-0.2, -0.15) is 0 Å². The molecule has 4 nitrogen and oxygen atoms in total. The minimum absolute atomic E-state index is 0.468. The molecule has 0 spiro atoms.